The highest BCUT2D eigenvalue weighted by molar-refractivity contribution is 4.73. The van der Waals surface area contributed by atoms with Crippen LogP contribution in [0.1, 0.15) is 45.4 Å². The Morgan fingerprint density at radius 2 is 1.91 bits per heavy atom. The van der Waals surface area contributed by atoms with Gasteiger partial charge in [0, 0.05) is 0 Å². The molecule has 0 saturated heterocycles. The fraction of sp³-hybridized carbons (Fsp3) is 1.00. The molecule has 2 nitrogen and oxygen atoms in total. The first-order valence-corrected chi connectivity index (χ1v) is 4.59. The number of hydrogen-bond donors (Lipinski definition) is 2. The second kappa shape index (κ2) is 3.55. The second-order valence-corrected chi connectivity index (χ2v) is 4.07. The van der Waals surface area contributed by atoms with Crippen molar-refractivity contribution in [3.63, 3.8) is 0 Å². The molecular formula is C9H19NO. The Kier molecular flexibility index (Phi) is 2.90. The standard InChI is InChI=1S/C9H19NO/c1-9(10,11)7-8-5-3-2-4-6-8/h8,11H,2-7,10H2,1H3. The van der Waals surface area contributed by atoms with Gasteiger partial charge in [-0.3, -0.25) is 0 Å². The first-order valence-electron chi connectivity index (χ1n) is 4.59. The van der Waals surface area contributed by atoms with E-state index < -0.39 is 5.72 Å². The molecule has 0 radical (unpaired) electrons. The quantitative estimate of drug-likeness (QED) is 0.598. The van der Waals surface area contributed by atoms with Gasteiger partial charge in [-0.1, -0.05) is 32.1 Å². The topological polar surface area (TPSA) is 46.2 Å². The van der Waals surface area contributed by atoms with E-state index in [1.165, 1.54) is 32.1 Å². The third kappa shape index (κ3) is 3.73. The highest BCUT2D eigenvalue weighted by Gasteiger charge is 2.22. The maximum absolute atomic E-state index is 9.35. The zero-order chi connectivity index (χ0) is 8.32. The zero-order valence-electron chi connectivity index (χ0n) is 7.34. The molecule has 0 amide bonds. The van der Waals surface area contributed by atoms with Crippen LogP contribution < -0.4 is 5.73 Å². The molecule has 1 saturated carbocycles. The van der Waals surface area contributed by atoms with Crippen LogP contribution in [0.25, 0.3) is 0 Å². The maximum Gasteiger partial charge on any atom is 0.110 e. The Balaban J connectivity index is 2.24. The molecule has 0 aliphatic heterocycles. The maximum atomic E-state index is 9.35. The lowest BCUT2D eigenvalue weighted by atomic mass is 9.84. The molecule has 11 heavy (non-hydrogen) atoms. The van der Waals surface area contributed by atoms with E-state index in [2.05, 4.69) is 0 Å². The van der Waals surface area contributed by atoms with Crippen molar-refractivity contribution < 1.29 is 5.11 Å². The van der Waals surface area contributed by atoms with Crippen molar-refractivity contribution in [1.29, 1.82) is 0 Å². The second-order valence-electron chi connectivity index (χ2n) is 4.07. The minimum Gasteiger partial charge on any atom is -0.376 e. The van der Waals surface area contributed by atoms with Crippen LogP contribution in [-0.4, -0.2) is 10.8 Å². The Morgan fingerprint density at radius 3 is 2.36 bits per heavy atom. The summed E-state index contributed by atoms with van der Waals surface area (Å²) in [6.45, 7) is 1.70. The highest BCUT2D eigenvalue weighted by atomic mass is 16.3. The van der Waals surface area contributed by atoms with E-state index in [-0.39, 0.29) is 0 Å². The van der Waals surface area contributed by atoms with Crippen LogP contribution in [0.15, 0.2) is 0 Å². The van der Waals surface area contributed by atoms with Crippen LogP contribution in [0.5, 0.6) is 0 Å². The van der Waals surface area contributed by atoms with E-state index in [0.717, 1.165) is 6.42 Å². The van der Waals surface area contributed by atoms with Crippen molar-refractivity contribution in [2.24, 2.45) is 11.7 Å². The van der Waals surface area contributed by atoms with Gasteiger partial charge < -0.3 is 10.8 Å². The molecule has 3 N–H and O–H groups in total. The minimum absolute atomic E-state index is 0.670. The molecule has 1 aliphatic carbocycles. The molecule has 0 bridgehead atoms. The molecule has 0 aromatic carbocycles. The van der Waals surface area contributed by atoms with Crippen LogP contribution in [0, 0.1) is 5.92 Å². The summed E-state index contributed by atoms with van der Waals surface area (Å²) in [5, 5.41) is 9.35. The van der Waals surface area contributed by atoms with Crippen LogP contribution in [0.2, 0.25) is 0 Å². The van der Waals surface area contributed by atoms with Gasteiger partial charge in [0.1, 0.15) is 5.72 Å². The van der Waals surface area contributed by atoms with Crippen molar-refractivity contribution in [3.05, 3.63) is 0 Å². The van der Waals surface area contributed by atoms with Gasteiger partial charge in [-0.05, 0) is 19.3 Å². The summed E-state index contributed by atoms with van der Waals surface area (Å²) < 4.78 is 0. The predicted octanol–water partition coefficient (Wildman–Crippen LogP) is 1.62. The molecule has 0 aromatic heterocycles. The van der Waals surface area contributed by atoms with Crippen LogP contribution in [-0.2, 0) is 0 Å². The van der Waals surface area contributed by atoms with Gasteiger partial charge in [0.05, 0.1) is 0 Å². The molecule has 1 atom stereocenters. The smallest absolute Gasteiger partial charge is 0.110 e. The lowest BCUT2D eigenvalue weighted by Crippen LogP contribution is -2.38. The minimum atomic E-state index is -0.942. The summed E-state index contributed by atoms with van der Waals surface area (Å²) >= 11 is 0. The van der Waals surface area contributed by atoms with E-state index in [4.69, 9.17) is 5.73 Å². The first-order chi connectivity index (χ1) is 5.08. The van der Waals surface area contributed by atoms with Crippen LogP contribution in [0.4, 0.5) is 0 Å². The van der Waals surface area contributed by atoms with Gasteiger partial charge >= 0.3 is 0 Å². The summed E-state index contributed by atoms with van der Waals surface area (Å²) in [6, 6.07) is 0. The van der Waals surface area contributed by atoms with E-state index >= 15 is 0 Å². The molecule has 0 spiro atoms. The summed E-state index contributed by atoms with van der Waals surface area (Å²) in [7, 11) is 0. The third-order valence-electron chi connectivity index (χ3n) is 2.43. The van der Waals surface area contributed by atoms with Gasteiger partial charge in [-0.25, -0.2) is 0 Å². The Bertz CT molecular complexity index is 111. The molecule has 66 valence electrons. The van der Waals surface area contributed by atoms with E-state index in [9.17, 15) is 5.11 Å². The molecule has 1 aliphatic rings. The van der Waals surface area contributed by atoms with E-state index in [1.807, 2.05) is 0 Å². The van der Waals surface area contributed by atoms with Crippen molar-refractivity contribution in [2.45, 2.75) is 51.2 Å². The molecule has 0 heterocycles. The fourth-order valence-corrected chi connectivity index (χ4v) is 1.98. The van der Waals surface area contributed by atoms with Crippen LogP contribution >= 0.6 is 0 Å². The molecule has 1 fully saturated rings. The molecule has 0 aromatic rings. The lowest BCUT2D eigenvalue weighted by molar-refractivity contribution is 0.0338. The summed E-state index contributed by atoms with van der Waals surface area (Å²) in [5.74, 6) is 0.670. The number of hydrogen-bond acceptors (Lipinski definition) is 2. The average Bonchev–Trinajstić information content (AvgIpc) is 1.85. The van der Waals surface area contributed by atoms with Crippen molar-refractivity contribution in [1.82, 2.24) is 0 Å². The van der Waals surface area contributed by atoms with Gasteiger partial charge in [0.15, 0.2) is 0 Å². The van der Waals surface area contributed by atoms with Gasteiger partial charge in [0.25, 0.3) is 0 Å². The molecule has 1 rings (SSSR count). The number of aliphatic hydroxyl groups is 1. The molecule has 1 unspecified atom stereocenters. The highest BCUT2D eigenvalue weighted by Crippen LogP contribution is 2.28. The molecular weight excluding hydrogens is 138 g/mol. The summed E-state index contributed by atoms with van der Waals surface area (Å²) in [4.78, 5) is 0. The Morgan fingerprint density at radius 1 is 1.36 bits per heavy atom. The van der Waals surface area contributed by atoms with Gasteiger partial charge in [0.2, 0.25) is 0 Å². The zero-order valence-corrected chi connectivity index (χ0v) is 7.34. The van der Waals surface area contributed by atoms with Gasteiger partial charge in [-0.2, -0.15) is 0 Å². The normalized spacial score (nSPS) is 26.5. The summed E-state index contributed by atoms with van der Waals surface area (Å²) in [5.41, 5.74) is 4.58. The monoisotopic (exact) mass is 157 g/mol. The van der Waals surface area contributed by atoms with E-state index in [1.54, 1.807) is 6.92 Å². The first kappa shape index (κ1) is 9.01. The van der Waals surface area contributed by atoms with Crippen LogP contribution in [0.3, 0.4) is 0 Å². The SMILES string of the molecule is CC(N)(O)CC1CCCCC1. The fourth-order valence-electron chi connectivity index (χ4n) is 1.98. The van der Waals surface area contributed by atoms with Crippen molar-refractivity contribution in [2.75, 3.05) is 0 Å². The largest absolute Gasteiger partial charge is 0.376 e. The predicted molar refractivity (Wildman–Crippen MR) is 46.0 cm³/mol. The van der Waals surface area contributed by atoms with Crippen molar-refractivity contribution in [3.8, 4) is 0 Å². The average molecular weight is 157 g/mol. The van der Waals surface area contributed by atoms with Crippen molar-refractivity contribution >= 4 is 0 Å². The van der Waals surface area contributed by atoms with E-state index in [0.29, 0.717) is 5.92 Å². The Labute approximate surface area is 68.8 Å². The number of nitrogens with two attached hydrogens (primary N) is 1. The lowest BCUT2D eigenvalue weighted by Gasteiger charge is -2.27. The number of rotatable bonds is 2. The third-order valence-corrected chi connectivity index (χ3v) is 2.43. The molecule has 2 heteroatoms. The summed E-state index contributed by atoms with van der Waals surface area (Å²) in [6.07, 6.45) is 7.29. The van der Waals surface area contributed by atoms with Gasteiger partial charge in [-0.15, -0.1) is 0 Å². The Hall–Kier alpha value is -0.0800.